The number of H-pyrrole nitrogens is 1. The van der Waals surface area contributed by atoms with Gasteiger partial charge in [-0.25, -0.2) is 13.2 Å². The number of halogens is 3. The number of fused-ring (bicyclic) bond motifs is 2. The first-order valence-corrected chi connectivity index (χ1v) is 12.4. The Kier molecular flexibility index (Phi) is 5.75. The SMILES string of the molecule is O=C(O)[C@H]1CC[C@H](c2c(C3CCOCC3)n(-c3ccc(F)c(F)c3)c3cc4cn[nH]c4c(F)c32)CC1. The van der Waals surface area contributed by atoms with Crippen molar-refractivity contribution in [1.82, 2.24) is 14.8 Å². The number of carboxylic acids is 1. The predicted octanol–water partition coefficient (Wildman–Crippen LogP) is 6.18. The molecule has 0 atom stereocenters. The lowest BCUT2D eigenvalue weighted by Crippen LogP contribution is -2.23. The number of hydrogen-bond acceptors (Lipinski definition) is 3. The molecular formula is C27H26F3N3O3. The summed E-state index contributed by atoms with van der Waals surface area (Å²) in [5.74, 6) is -3.57. The highest BCUT2D eigenvalue weighted by molar-refractivity contribution is 5.99. The largest absolute Gasteiger partial charge is 0.481 e. The van der Waals surface area contributed by atoms with Crippen LogP contribution in [0.2, 0.25) is 0 Å². The van der Waals surface area contributed by atoms with Gasteiger partial charge in [-0.1, -0.05) is 0 Å². The van der Waals surface area contributed by atoms with Crippen molar-refractivity contribution < 1.29 is 27.8 Å². The maximum absolute atomic E-state index is 16.2. The number of aromatic amines is 1. The zero-order valence-electron chi connectivity index (χ0n) is 19.6. The molecule has 4 aromatic rings. The number of carboxylic acid groups (broad SMARTS) is 1. The molecule has 1 saturated carbocycles. The van der Waals surface area contributed by atoms with Gasteiger partial charge in [-0.3, -0.25) is 9.89 Å². The van der Waals surface area contributed by atoms with E-state index in [1.54, 1.807) is 6.20 Å². The van der Waals surface area contributed by atoms with Gasteiger partial charge in [0, 0.05) is 47.4 Å². The van der Waals surface area contributed by atoms with Gasteiger partial charge in [0.15, 0.2) is 17.5 Å². The Morgan fingerprint density at radius 3 is 2.44 bits per heavy atom. The second-order valence-corrected chi connectivity index (χ2v) is 9.93. The van der Waals surface area contributed by atoms with Gasteiger partial charge in [0.1, 0.15) is 5.52 Å². The minimum absolute atomic E-state index is 0.0299. The van der Waals surface area contributed by atoms with Crippen LogP contribution in [0, 0.1) is 23.4 Å². The van der Waals surface area contributed by atoms with Gasteiger partial charge in [0.2, 0.25) is 0 Å². The van der Waals surface area contributed by atoms with Crippen molar-refractivity contribution >= 4 is 27.8 Å². The topological polar surface area (TPSA) is 80.1 Å². The van der Waals surface area contributed by atoms with Gasteiger partial charge < -0.3 is 14.4 Å². The average Bonchev–Trinajstić information content (AvgIpc) is 3.50. The molecule has 2 N–H and O–H groups in total. The van der Waals surface area contributed by atoms with Crippen molar-refractivity contribution in [2.24, 2.45) is 5.92 Å². The monoisotopic (exact) mass is 497 g/mol. The molecule has 3 heterocycles. The van der Waals surface area contributed by atoms with Gasteiger partial charge >= 0.3 is 5.97 Å². The number of nitrogens with zero attached hydrogens (tertiary/aromatic N) is 2. The number of aliphatic carboxylic acids is 1. The van der Waals surface area contributed by atoms with Gasteiger partial charge in [-0.05, 0) is 68.2 Å². The zero-order chi connectivity index (χ0) is 25.0. The lowest BCUT2D eigenvalue weighted by atomic mass is 9.76. The first-order valence-electron chi connectivity index (χ1n) is 12.4. The Bertz CT molecular complexity index is 1460. The van der Waals surface area contributed by atoms with Crippen LogP contribution in [0.4, 0.5) is 13.2 Å². The predicted molar refractivity (Wildman–Crippen MR) is 128 cm³/mol. The third-order valence-corrected chi connectivity index (χ3v) is 7.94. The van der Waals surface area contributed by atoms with E-state index in [2.05, 4.69) is 10.2 Å². The van der Waals surface area contributed by atoms with E-state index >= 15 is 4.39 Å². The highest BCUT2D eigenvalue weighted by Gasteiger charge is 2.36. The van der Waals surface area contributed by atoms with Crippen LogP contribution in [0.3, 0.4) is 0 Å². The van der Waals surface area contributed by atoms with Gasteiger partial charge in [0.25, 0.3) is 0 Å². The van der Waals surface area contributed by atoms with E-state index in [0.29, 0.717) is 66.4 Å². The molecule has 1 aliphatic heterocycles. The van der Waals surface area contributed by atoms with Crippen molar-refractivity contribution in [3.05, 3.63) is 59.2 Å². The minimum Gasteiger partial charge on any atom is -0.481 e. The Hall–Kier alpha value is -3.33. The molecule has 2 fully saturated rings. The summed E-state index contributed by atoms with van der Waals surface area (Å²) >= 11 is 0. The first-order chi connectivity index (χ1) is 17.4. The van der Waals surface area contributed by atoms with Crippen molar-refractivity contribution in [2.45, 2.75) is 50.4 Å². The highest BCUT2D eigenvalue weighted by atomic mass is 19.2. The van der Waals surface area contributed by atoms with Crippen LogP contribution >= 0.6 is 0 Å². The molecule has 0 radical (unpaired) electrons. The Morgan fingerprint density at radius 2 is 1.75 bits per heavy atom. The highest BCUT2D eigenvalue weighted by Crippen LogP contribution is 2.48. The second kappa shape index (κ2) is 8.96. The van der Waals surface area contributed by atoms with Crippen molar-refractivity contribution in [3.63, 3.8) is 0 Å². The summed E-state index contributed by atoms with van der Waals surface area (Å²) < 4.78 is 52.0. The number of rotatable bonds is 4. The summed E-state index contributed by atoms with van der Waals surface area (Å²) in [4.78, 5) is 11.6. The summed E-state index contributed by atoms with van der Waals surface area (Å²) in [5, 5.41) is 17.3. The number of aromatic nitrogens is 3. The maximum Gasteiger partial charge on any atom is 0.306 e. The first kappa shape index (κ1) is 23.1. The summed E-state index contributed by atoms with van der Waals surface area (Å²) in [6.45, 7) is 1.12. The van der Waals surface area contributed by atoms with Crippen LogP contribution in [0.1, 0.15) is 61.6 Å². The minimum atomic E-state index is -0.972. The molecule has 2 aliphatic rings. The molecule has 2 aromatic heterocycles. The number of nitrogens with one attached hydrogen (secondary N) is 1. The standard InChI is InChI=1S/C27H26F3N3O3/c28-19-6-5-18(12-20(19)29)33-21-11-17-13-31-32-25(17)24(30)23(21)22(26(33)15-7-9-36-10-8-15)14-1-3-16(4-2-14)27(34)35/h5-6,11-16H,1-4,7-10H2,(H,31,32)(H,34,35)/t14-,16-. The van der Waals surface area contributed by atoms with Gasteiger partial charge in [-0.2, -0.15) is 5.10 Å². The molecule has 6 rings (SSSR count). The van der Waals surface area contributed by atoms with Crippen LogP contribution in [0.5, 0.6) is 0 Å². The van der Waals surface area contributed by atoms with Gasteiger partial charge in [0.05, 0.1) is 17.6 Å². The molecule has 36 heavy (non-hydrogen) atoms. The van der Waals surface area contributed by atoms with Crippen LogP contribution in [0.15, 0.2) is 30.5 Å². The third-order valence-electron chi connectivity index (χ3n) is 7.94. The molecule has 1 saturated heterocycles. The number of ether oxygens (including phenoxy) is 1. The molecule has 0 amide bonds. The van der Waals surface area contributed by atoms with E-state index in [9.17, 15) is 18.7 Å². The molecule has 2 aromatic carbocycles. The van der Waals surface area contributed by atoms with Crippen LogP contribution in [-0.4, -0.2) is 39.1 Å². The Morgan fingerprint density at radius 1 is 1.00 bits per heavy atom. The lowest BCUT2D eigenvalue weighted by Gasteiger charge is -2.30. The van der Waals surface area contributed by atoms with Crippen molar-refractivity contribution in [1.29, 1.82) is 0 Å². The van der Waals surface area contributed by atoms with E-state index in [1.165, 1.54) is 6.07 Å². The molecule has 0 spiro atoms. The van der Waals surface area contributed by atoms with Crippen LogP contribution in [-0.2, 0) is 9.53 Å². The van der Waals surface area contributed by atoms with E-state index in [1.807, 2.05) is 10.6 Å². The van der Waals surface area contributed by atoms with E-state index in [4.69, 9.17) is 4.74 Å². The van der Waals surface area contributed by atoms with Crippen molar-refractivity contribution in [2.75, 3.05) is 13.2 Å². The molecule has 9 heteroatoms. The number of benzene rings is 2. The molecule has 1 aliphatic carbocycles. The van der Waals surface area contributed by atoms with E-state index in [-0.39, 0.29) is 11.8 Å². The lowest BCUT2D eigenvalue weighted by molar-refractivity contribution is -0.142. The fourth-order valence-corrected chi connectivity index (χ4v) is 6.17. The molecule has 6 nitrogen and oxygen atoms in total. The van der Waals surface area contributed by atoms with Crippen LogP contribution < -0.4 is 0 Å². The Labute approximate surface area is 205 Å². The fourth-order valence-electron chi connectivity index (χ4n) is 6.17. The number of carbonyl (C=O) groups is 1. The summed E-state index contributed by atoms with van der Waals surface area (Å²) in [6.07, 6.45) is 5.25. The van der Waals surface area contributed by atoms with E-state index < -0.39 is 29.3 Å². The molecular weight excluding hydrogens is 471 g/mol. The molecule has 188 valence electrons. The van der Waals surface area contributed by atoms with Crippen LogP contribution in [0.25, 0.3) is 27.5 Å². The summed E-state index contributed by atoms with van der Waals surface area (Å²) in [6, 6.07) is 5.60. The normalized spacial score (nSPS) is 21.4. The van der Waals surface area contributed by atoms with Crippen molar-refractivity contribution in [3.8, 4) is 5.69 Å². The second-order valence-electron chi connectivity index (χ2n) is 9.93. The number of hydrogen-bond donors (Lipinski definition) is 2. The summed E-state index contributed by atoms with van der Waals surface area (Å²) in [5.41, 5.74) is 3.03. The quantitative estimate of drug-likeness (QED) is 0.353. The molecule has 0 unspecified atom stereocenters. The van der Waals surface area contributed by atoms with E-state index in [0.717, 1.165) is 36.2 Å². The smallest absolute Gasteiger partial charge is 0.306 e. The Balaban J connectivity index is 1.66. The zero-order valence-corrected chi connectivity index (χ0v) is 19.6. The fraction of sp³-hybridized carbons (Fsp3) is 0.407. The maximum atomic E-state index is 16.2. The molecule has 0 bridgehead atoms. The third kappa shape index (κ3) is 3.68. The average molecular weight is 498 g/mol. The summed E-state index contributed by atoms with van der Waals surface area (Å²) in [7, 11) is 0. The van der Waals surface area contributed by atoms with Gasteiger partial charge in [-0.15, -0.1) is 0 Å².